The third-order valence-electron chi connectivity index (χ3n) is 5.06. The van der Waals surface area contributed by atoms with Crippen LogP contribution >= 0.6 is 0 Å². The van der Waals surface area contributed by atoms with Crippen molar-refractivity contribution in [2.45, 2.75) is 13.1 Å². The molecule has 5 rings (SSSR count). The van der Waals surface area contributed by atoms with Crippen LogP contribution in [0.1, 0.15) is 5.76 Å². The highest BCUT2D eigenvalue weighted by molar-refractivity contribution is 6.03. The number of nitrogens with one attached hydrogen (secondary N) is 1. The number of para-hydroxylation sites is 1. The van der Waals surface area contributed by atoms with Crippen LogP contribution in [0.3, 0.4) is 0 Å². The van der Waals surface area contributed by atoms with Crippen molar-refractivity contribution < 1.29 is 18.0 Å². The molecule has 160 valence electrons. The number of carbonyl (C=O) groups is 1. The maximum absolute atomic E-state index is 13.3. The van der Waals surface area contributed by atoms with Crippen LogP contribution < -0.4 is 16.6 Å². The lowest BCUT2D eigenvalue weighted by Gasteiger charge is -2.11. The van der Waals surface area contributed by atoms with E-state index < -0.39 is 23.0 Å². The average Bonchev–Trinajstić information content (AvgIpc) is 3.44. The van der Waals surface area contributed by atoms with E-state index in [0.29, 0.717) is 22.4 Å². The summed E-state index contributed by atoms with van der Waals surface area (Å²) in [5.74, 6) is -0.550. The first-order valence-corrected chi connectivity index (χ1v) is 9.74. The molecule has 9 heteroatoms. The van der Waals surface area contributed by atoms with Gasteiger partial charge < -0.3 is 14.2 Å². The second-order valence-electron chi connectivity index (χ2n) is 7.17. The van der Waals surface area contributed by atoms with Crippen LogP contribution in [0.5, 0.6) is 0 Å². The highest BCUT2D eigenvalue weighted by atomic mass is 19.1. The Morgan fingerprint density at radius 2 is 1.75 bits per heavy atom. The molecule has 0 spiro atoms. The molecule has 0 unspecified atom stereocenters. The summed E-state index contributed by atoms with van der Waals surface area (Å²) in [5, 5.41) is 3.17. The van der Waals surface area contributed by atoms with Crippen molar-refractivity contribution in [1.82, 2.24) is 9.13 Å². The van der Waals surface area contributed by atoms with Gasteiger partial charge in [-0.15, -0.1) is 0 Å². The molecular formula is C23H16FN3O5. The Balaban J connectivity index is 1.65. The minimum Gasteiger partial charge on any atom is -0.467 e. The number of amides is 1. The molecule has 0 aliphatic carbocycles. The van der Waals surface area contributed by atoms with E-state index in [-0.39, 0.29) is 24.2 Å². The minimum atomic E-state index is -0.681. The summed E-state index contributed by atoms with van der Waals surface area (Å²) in [5.41, 5.74) is -0.302. The average molecular weight is 433 g/mol. The lowest BCUT2D eigenvalue weighted by Crippen LogP contribution is -2.41. The number of anilines is 1. The molecule has 0 atom stereocenters. The van der Waals surface area contributed by atoms with Crippen LogP contribution in [0.2, 0.25) is 0 Å². The summed E-state index contributed by atoms with van der Waals surface area (Å²) < 4.78 is 26.3. The summed E-state index contributed by atoms with van der Waals surface area (Å²) in [7, 11) is 0. The molecule has 2 aromatic carbocycles. The van der Waals surface area contributed by atoms with Gasteiger partial charge in [-0.05, 0) is 48.5 Å². The summed E-state index contributed by atoms with van der Waals surface area (Å²) in [6.45, 7) is -0.494. The fourth-order valence-corrected chi connectivity index (χ4v) is 3.62. The minimum absolute atomic E-state index is 0.0352. The first kappa shape index (κ1) is 19.6. The molecule has 8 nitrogen and oxygen atoms in total. The van der Waals surface area contributed by atoms with Gasteiger partial charge in [0.05, 0.1) is 12.8 Å². The van der Waals surface area contributed by atoms with E-state index in [4.69, 9.17) is 8.83 Å². The molecule has 1 amide bonds. The van der Waals surface area contributed by atoms with Crippen LogP contribution in [0.15, 0.2) is 85.4 Å². The third kappa shape index (κ3) is 3.39. The summed E-state index contributed by atoms with van der Waals surface area (Å²) in [6, 6.07) is 15.4. The Hall–Kier alpha value is -4.40. The monoisotopic (exact) mass is 433 g/mol. The number of hydrogen-bond acceptors (Lipinski definition) is 5. The molecule has 32 heavy (non-hydrogen) atoms. The number of halogens is 1. The summed E-state index contributed by atoms with van der Waals surface area (Å²) in [4.78, 5) is 39.1. The SMILES string of the molecule is O=C(Cn1c(=O)n(Cc2ccco2)c(=O)c2oc3ccccc3c21)Nc1ccc(F)cc1. The Morgan fingerprint density at radius 1 is 0.969 bits per heavy atom. The molecule has 0 saturated carbocycles. The van der Waals surface area contributed by atoms with E-state index in [1.807, 2.05) is 0 Å². The molecule has 5 aromatic rings. The Labute approximate surface area is 179 Å². The van der Waals surface area contributed by atoms with Gasteiger partial charge in [0.1, 0.15) is 29.2 Å². The number of rotatable bonds is 5. The van der Waals surface area contributed by atoms with Crippen molar-refractivity contribution in [3.05, 3.63) is 99.3 Å². The van der Waals surface area contributed by atoms with Gasteiger partial charge in [0.25, 0.3) is 5.56 Å². The lowest BCUT2D eigenvalue weighted by atomic mass is 10.2. The number of nitrogens with zero attached hydrogens (tertiary/aromatic N) is 2. The van der Waals surface area contributed by atoms with Gasteiger partial charge in [0.2, 0.25) is 11.5 Å². The molecule has 3 aromatic heterocycles. The van der Waals surface area contributed by atoms with Gasteiger partial charge in [0.15, 0.2) is 0 Å². The maximum atomic E-state index is 13.3. The normalized spacial score (nSPS) is 11.3. The second-order valence-corrected chi connectivity index (χ2v) is 7.17. The second kappa shape index (κ2) is 7.69. The zero-order valence-electron chi connectivity index (χ0n) is 16.6. The zero-order valence-corrected chi connectivity index (χ0v) is 16.6. The number of benzene rings is 2. The predicted molar refractivity (Wildman–Crippen MR) is 115 cm³/mol. The highest BCUT2D eigenvalue weighted by Crippen LogP contribution is 2.25. The molecule has 0 saturated heterocycles. The van der Waals surface area contributed by atoms with E-state index in [2.05, 4.69) is 5.32 Å². The van der Waals surface area contributed by atoms with E-state index >= 15 is 0 Å². The van der Waals surface area contributed by atoms with Crippen LogP contribution in [-0.4, -0.2) is 15.0 Å². The molecule has 1 N–H and O–H groups in total. The molecule has 0 radical (unpaired) electrons. The van der Waals surface area contributed by atoms with E-state index in [0.717, 1.165) is 4.57 Å². The first-order valence-electron chi connectivity index (χ1n) is 9.74. The highest BCUT2D eigenvalue weighted by Gasteiger charge is 2.21. The largest absolute Gasteiger partial charge is 0.467 e. The topological polar surface area (TPSA) is 99.4 Å². The van der Waals surface area contributed by atoms with Gasteiger partial charge in [-0.25, -0.2) is 13.8 Å². The van der Waals surface area contributed by atoms with Crippen molar-refractivity contribution in [2.75, 3.05) is 5.32 Å². The van der Waals surface area contributed by atoms with Gasteiger partial charge in [0, 0.05) is 11.1 Å². The van der Waals surface area contributed by atoms with Crippen LogP contribution in [0.4, 0.5) is 10.1 Å². The van der Waals surface area contributed by atoms with Crippen LogP contribution in [0, 0.1) is 5.82 Å². The number of fused-ring (bicyclic) bond motifs is 3. The van der Waals surface area contributed by atoms with E-state index in [1.165, 1.54) is 35.1 Å². The first-order chi connectivity index (χ1) is 15.5. The standard InChI is InChI=1S/C23H16FN3O5/c24-14-7-9-15(10-8-14)25-19(28)13-26-20-17-5-1-2-6-18(17)32-21(20)22(29)27(23(26)30)12-16-4-3-11-31-16/h1-11H,12-13H2,(H,25,28). The van der Waals surface area contributed by atoms with Crippen molar-refractivity contribution in [3.63, 3.8) is 0 Å². The van der Waals surface area contributed by atoms with Gasteiger partial charge in [-0.3, -0.25) is 14.2 Å². The molecular weight excluding hydrogens is 417 g/mol. The smallest absolute Gasteiger partial charge is 0.332 e. The molecule has 0 fully saturated rings. The van der Waals surface area contributed by atoms with Crippen molar-refractivity contribution in [1.29, 1.82) is 0 Å². The van der Waals surface area contributed by atoms with Crippen LogP contribution in [-0.2, 0) is 17.9 Å². The number of carbonyl (C=O) groups excluding carboxylic acids is 1. The fourth-order valence-electron chi connectivity index (χ4n) is 3.62. The van der Waals surface area contributed by atoms with Crippen molar-refractivity contribution in [3.8, 4) is 0 Å². The summed E-state index contributed by atoms with van der Waals surface area (Å²) in [6.07, 6.45) is 1.44. The molecule has 0 aliphatic heterocycles. The molecule has 0 bridgehead atoms. The van der Waals surface area contributed by atoms with Crippen LogP contribution in [0.25, 0.3) is 22.1 Å². The lowest BCUT2D eigenvalue weighted by molar-refractivity contribution is -0.116. The quantitative estimate of drug-likeness (QED) is 0.458. The number of furan rings is 2. The van der Waals surface area contributed by atoms with Gasteiger partial charge in [-0.1, -0.05) is 12.1 Å². The predicted octanol–water partition coefficient (Wildman–Crippen LogP) is 3.33. The van der Waals surface area contributed by atoms with Crippen molar-refractivity contribution in [2.24, 2.45) is 0 Å². The number of aromatic nitrogens is 2. The maximum Gasteiger partial charge on any atom is 0.332 e. The Bertz CT molecular complexity index is 1560. The van der Waals surface area contributed by atoms with E-state index in [1.54, 1.807) is 36.4 Å². The third-order valence-corrected chi connectivity index (χ3v) is 5.06. The van der Waals surface area contributed by atoms with E-state index in [9.17, 15) is 18.8 Å². The van der Waals surface area contributed by atoms with Gasteiger partial charge >= 0.3 is 5.69 Å². The molecule has 3 heterocycles. The summed E-state index contributed by atoms with van der Waals surface area (Å²) >= 11 is 0. The Kier molecular flexibility index (Phi) is 4.70. The fraction of sp³-hybridized carbons (Fsp3) is 0.0870. The van der Waals surface area contributed by atoms with Gasteiger partial charge in [-0.2, -0.15) is 0 Å². The Morgan fingerprint density at radius 3 is 2.50 bits per heavy atom. The van der Waals surface area contributed by atoms with Crippen molar-refractivity contribution >= 4 is 33.7 Å². The molecule has 0 aliphatic rings. The zero-order chi connectivity index (χ0) is 22.2. The number of hydrogen-bond donors (Lipinski definition) is 1.